The van der Waals surface area contributed by atoms with Gasteiger partial charge in [0.2, 0.25) is 0 Å². The smallest absolute Gasteiger partial charge is 0.274 e. The number of nitrogens with zero attached hydrogens (tertiary/aromatic N) is 3. The highest BCUT2D eigenvalue weighted by Gasteiger charge is 2.29. The van der Waals surface area contributed by atoms with Crippen LogP contribution >= 0.6 is 0 Å². The van der Waals surface area contributed by atoms with E-state index in [9.17, 15) is 9.59 Å². The van der Waals surface area contributed by atoms with Crippen LogP contribution in [0.2, 0.25) is 0 Å². The van der Waals surface area contributed by atoms with Crippen molar-refractivity contribution in [3.05, 3.63) is 45.4 Å². The summed E-state index contributed by atoms with van der Waals surface area (Å²) in [6.07, 6.45) is 6.90. The van der Waals surface area contributed by atoms with E-state index in [4.69, 9.17) is 4.74 Å². The fourth-order valence-electron chi connectivity index (χ4n) is 3.74. The third kappa shape index (κ3) is 3.55. The van der Waals surface area contributed by atoms with Crippen molar-refractivity contribution in [2.24, 2.45) is 0 Å². The van der Waals surface area contributed by atoms with Crippen LogP contribution in [0.3, 0.4) is 0 Å². The van der Waals surface area contributed by atoms with Gasteiger partial charge >= 0.3 is 0 Å². The standard InChI is InChI=1S/C18H23N5O3/c24-16-9-12(19-11-20-16)5-6-13-10-23(7-8-26-13)18(25)17-14-3-1-2-4-15(14)21-22-17/h9,11,13H,1-8,10H2,(H,21,22)(H,19,20,24)/t13-/m1/s1. The molecule has 0 saturated carbocycles. The van der Waals surface area contributed by atoms with Crippen LogP contribution in [-0.2, 0) is 24.0 Å². The monoisotopic (exact) mass is 357 g/mol. The van der Waals surface area contributed by atoms with Gasteiger partial charge in [-0.3, -0.25) is 14.7 Å². The van der Waals surface area contributed by atoms with Crippen molar-refractivity contribution in [1.29, 1.82) is 0 Å². The summed E-state index contributed by atoms with van der Waals surface area (Å²) in [6.45, 7) is 1.65. The average Bonchev–Trinajstić information content (AvgIpc) is 3.10. The number of amides is 1. The molecule has 138 valence electrons. The fraction of sp³-hybridized carbons (Fsp3) is 0.556. The van der Waals surface area contributed by atoms with Crippen molar-refractivity contribution in [2.75, 3.05) is 19.7 Å². The van der Waals surface area contributed by atoms with Gasteiger partial charge in [0.15, 0.2) is 5.69 Å². The molecule has 2 N–H and O–H groups in total. The van der Waals surface area contributed by atoms with Crippen molar-refractivity contribution < 1.29 is 9.53 Å². The number of aromatic amines is 2. The maximum atomic E-state index is 12.9. The number of nitrogens with one attached hydrogen (secondary N) is 2. The quantitative estimate of drug-likeness (QED) is 0.844. The lowest BCUT2D eigenvalue weighted by Crippen LogP contribution is -2.46. The zero-order chi connectivity index (χ0) is 17.9. The molecule has 1 amide bonds. The Bertz CT molecular complexity index is 843. The molecule has 0 unspecified atom stereocenters. The first-order chi connectivity index (χ1) is 12.7. The molecule has 4 rings (SSSR count). The summed E-state index contributed by atoms with van der Waals surface area (Å²) in [5.74, 6) is -0.00743. The molecule has 1 atom stereocenters. The largest absolute Gasteiger partial charge is 0.375 e. The number of ether oxygens (including phenoxy) is 1. The van der Waals surface area contributed by atoms with Crippen LogP contribution in [0.1, 0.15) is 46.7 Å². The fourth-order valence-corrected chi connectivity index (χ4v) is 3.74. The van der Waals surface area contributed by atoms with Crippen molar-refractivity contribution in [3.8, 4) is 0 Å². The summed E-state index contributed by atoms with van der Waals surface area (Å²) >= 11 is 0. The first-order valence-corrected chi connectivity index (χ1v) is 9.21. The molecule has 8 heteroatoms. The number of morpholine rings is 1. The van der Waals surface area contributed by atoms with Crippen LogP contribution in [0, 0.1) is 0 Å². The summed E-state index contributed by atoms with van der Waals surface area (Å²) < 4.78 is 5.80. The number of carbonyl (C=O) groups excluding carboxylic acids is 1. The SMILES string of the molecule is O=C(c1n[nH]c2c1CCCC2)N1CCO[C@H](CCc2cc(=O)[nH]cn2)C1. The van der Waals surface area contributed by atoms with E-state index in [1.54, 1.807) is 0 Å². The zero-order valence-electron chi connectivity index (χ0n) is 14.7. The van der Waals surface area contributed by atoms with Crippen molar-refractivity contribution in [3.63, 3.8) is 0 Å². The number of hydrogen-bond donors (Lipinski definition) is 2. The first kappa shape index (κ1) is 17.0. The Morgan fingerprint density at radius 1 is 1.35 bits per heavy atom. The van der Waals surface area contributed by atoms with E-state index in [0.717, 1.165) is 49.1 Å². The Balaban J connectivity index is 1.39. The topological polar surface area (TPSA) is 104 Å². The number of fused-ring (bicyclic) bond motifs is 1. The van der Waals surface area contributed by atoms with Gasteiger partial charge in [0.25, 0.3) is 11.5 Å². The summed E-state index contributed by atoms with van der Waals surface area (Å²) in [5, 5.41) is 7.34. The lowest BCUT2D eigenvalue weighted by molar-refractivity contribution is -0.0249. The molecular formula is C18H23N5O3. The molecule has 1 aliphatic carbocycles. The van der Waals surface area contributed by atoms with Gasteiger partial charge < -0.3 is 14.6 Å². The number of rotatable bonds is 4. The number of carbonyl (C=O) groups is 1. The van der Waals surface area contributed by atoms with Crippen LogP contribution in [-0.4, -0.2) is 56.8 Å². The van der Waals surface area contributed by atoms with Gasteiger partial charge in [-0.1, -0.05) is 0 Å². The molecule has 8 nitrogen and oxygen atoms in total. The number of hydrogen-bond acceptors (Lipinski definition) is 5. The lowest BCUT2D eigenvalue weighted by atomic mass is 9.95. The highest BCUT2D eigenvalue weighted by molar-refractivity contribution is 5.94. The van der Waals surface area contributed by atoms with Gasteiger partial charge in [-0.15, -0.1) is 0 Å². The van der Waals surface area contributed by atoms with E-state index in [0.29, 0.717) is 31.8 Å². The molecule has 0 spiro atoms. The molecule has 2 aliphatic rings. The third-order valence-electron chi connectivity index (χ3n) is 5.14. The van der Waals surface area contributed by atoms with Crippen LogP contribution in [0.25, 0.3) is 0 Å². The number of H-pyrrole nitrogens is 2. The predicted molar refractivity (Wildman–Crippen MR) is 94.1 cm³/mol. The molecular weight excluding hydrogens is 334 g/mol. The third-order valence-corrected chi connectivity index (χ3v) is 5.14. The van der Waals surface area contributed by atoms with Crippen LogP contribution in [0.4, 0.5) is 0 Å². The van der Waals surface area contributed by atoms with Gasteiger partial charge in [-0.2, -0.15) is 5.10 Å². The minimum Gasteiger partial charge on any atom is -0.375 e. The highest BCUT2D eigenvalue weighted by atomic mass is 16.5. The maximum absolute atomic E-state index is 12.9. The molecule has 1 saturated heterocycles. The van der Waals surface area contributed by atoms with Crippen molar-refractivity contribution >= 4 is 5.91 Å². The van der Waals surface area contributed by atoms with Crippen molar-refractivity contribution in [2.45, 2.75) is 44.6 Å². The van der Waals surface area contributed by atoms with E-state index in [2.05, 4.69) is 20.2 Å². The minimum atomic E-state index is -0.153. The average molecular weight is 357 g/mol. The molecule has 0 bridgehead atoms. The molecule has 2 aromatic rings. The first-order valence-electron chi connectivity index (χ1n) is 9.21. The summed E-state index contributed by atoms with van der Waals surface area (Å²) in [4.78, 5) is 32.8. The molecule has 0 aromatic carbocycles. The van der Waals surface area contributed by atoms with Crippen molar-refractivity contribution in [1.82, 2.24) is 25.1 Å². The molecule has 0 radical (unpaired) electrons. The summed E-state index contributed by atoms with van der Waals surface area (Å²) in [5.41, 5.74) is 3.38. The van der Waals surface area contributed by atoms with Crippen LogP contribution in [0.5, 0.6) is 0 Å². The minimum absolute atomic E-state index is 0.00743. The second-order valence-electron chi connectivity index (χ2n) is 6.92. The molecule has 1 fully saturated rings. The number of aromatic nitrogens is 4. The molecule has 2 aromatic heterocycles. The Morgan fingerprint density at radius 3 is 3.12 bits per heavy atom. The highest BCUT2D eigenvalue weighted by Crippen LogP contribution is 2.24. The van der Waals surface area contributed by atoms with Crippen LogP contribution in [0.15, 0.2) is 17.2 Å². The van der Waals surface area contributed by atoms with Gasteiger partial charge in [-0.25, -0.2) is 4.98 Å². The number of aryl methyl sites for hydroxylation is 2. The second kappa shape index (κ2) is 7.41. The maximum Gasteiger partial charge on any atom is 0.274 e. The summed E-state index contributed by atoms with van der Waals surface area (Å²) in [6, 6.07) is 1.50. The molecule has 1 aliphatic heterocycles. The Morgan fingerprint density at radius 2 is 2.23 bits per heavy atom. The van der Waals surface area contributed by atoms with E-state index in [1.165, 1.54) is 12.4 Å². The van der Waals surface area contributed by atoms with Crippen LogP contribution < -0.4 is 5.56 Å². The lowest BCUT2D eigenvalue weighted by Gasteiger charge is -2.33. The van der Waals surface area contributed by atoms with Gasteiger partial charge in [-0.05, 0) is 38.5 Å². The van der Waals surface area contributed by atoms with Gasteiger partial charge in [0.05, 0.1) is 19.0 Å². The Labute approximate surface area is 151 Å². The van der Waals surface area contributed by atoms with E-state index in [1.807, 2.05) is 4.90 Å². The van der Waals surface area contributed by atoms with Gasteiger partial charge in [0.1, 0.15) is 0 Å². The van der Waals surface area contributed by atoms with E-state index in [-0.39, 0.29) is 17.6 Å². The normalized spacial score (nSPS) is 20.0. The Kier molecular flexibility index (Phi) is 4.83. The Hall–Kier alpha value is -2.48. The van der Waals surface area contributed by atoms with E-state index >= 15 is 0 Å². The molecule has 26 heavy (non-hydrogen) atoms. The zero-order valence-corrected chi connectivity index (χ0v) is 14.7. The molecule has 3 heterocycles. The summed E-state index contributed by atoms with van der Waals surface area (Å²) in [7, 11) is 0. The van der Waals surface area contributed by atoms with Gasteiger partial charge in [0, 0.05) is 36.1 Å². The van der Waals surface area contributed by atoms with E-state index < -0.39 is 0 Å². The second-order valence-corrected chi connectivity index (χ2v) is 6.92. The predicted octanol–water partition coefficient (Wildman–Crippen LogP) is 0.846.